The molecule has 0 bridgehead atoms. The van der Waals surface area contributed by atoms with Crippen molar-refractivity contribution in [2.24, 2.45) is 0 Å². The fourth-order valence-electron chi connectivity index (χ4n) is 2.18. The number of hydrogen-bond donors (Lipinski definition) is 0. The number of nitrogens with zero attached hydrogens (tertiary/aromatic N) is 2. The van der Waals surface area contributed by atoms with E-state index < -0.39 is 0 Å². The number of amides is 1. The quantitative estimate of drug-likeness (QED) is 0.630. The molecule has 0 aliphatic carbocycles. The fourth-order valence-corrected chi connectivity index (χ4v) is 2.18. The number of benzene rings is 2. The van der Waals surface area contributed by atoms with E-state index >= 15 is 0 Å². The molecule has 104 valence electrons. The lowest BCUT2D eigenvalue weighted by Gasteiger charge is -2.16. The predicted molar refractivity (Wildman–Crippen MR) is 84.4 cm³/mol. The minimum absolute atomic E-state index is 0.296. The molecule has 3 heteroatoms. The number of carbonyl (C=O) groups is 1. The molecule has 0 N–H and O–H groups in total. The van der Waals surface area contributed by atoms with E-state index in [0.717, 1.165) is 21.6 Å². The summed E-state index contributed by atoms with van der Waals surface area (Å²) in [6, 6.07) is 17.3. The molecule has 0 aliphatic heterocycles. The average molecular weight is 276 g/mol. The number of allylic oxidation sites excluding steroid dienone is 1. The van der Waals surface area contributed by atoms with Crippen molar-refractivity contribution in [2.45, 2.75) is 13.3 Å². The van der Waals surface area contributed by atoms with Gasteiger partial charge in [0.25, 0.3) is 0 Å². The minimum Gasteiger partial charge on any atom is -0.274 e. The number of carbonyl (C=O) groups excluding carboxylic acids is 1. The summed E-state index contributed by atoms with van der Waals surface area (Å²) >= 11 is 0. The Bertz CT molecular complexity index is 699. The first-order valence-corrected chi connectivity index (χ1v) is 6.65. The Morgan fingerprint density at radius 1 is 1.14 bits per heavy atom. The molecule has 21 heavy (non-hydrogen) atoms. The van der Waals surface area contributed by atoms with Gasteiger partial charge < -0.3 is 0 Å². The van der Waals surface area contributed by atoms with Crippen LogP contribution in [0.3, 0.4) is 0 Å². The van der Waals surface area contributed by atoms with Gasteiger partial charge in [-0.05, 0) is 29.2 Å². The van der Waals surface area contributed by atoms with Crippen LogP contribution in [0.25, 0.3) is 5.57 Å². The number of anilines is 1. The van der Waals surface area contributed by atoms with E-state index in [1.807, 2.05) is 54.7 Å². The Balaban J connectivity index is 2.31. The van der Waals surface area contributed by atoms with Gasteiger partial charge in [0.2, 0.25) is 5.91 Å². The van der Waals surface area contributed by atoms with Crippen molar-refractivity contribution in [1.29, 1.82) is 5.26 Å². The van der Waals surface area contributed by atoms with Gasteiger partial charge >= 0.3 is 0 Å². The van der Waals surface area contributed by atoms with Crippen LogP contribution >= 0.6 is 0 Å². The zero-order valence-electron chi connectivity index (χ0n) is 11.9. The van der Waals surface area contributed by atoms with Crippen LogP contribution in [0.2, 0.25) is 0 Å². The summed E-state index contributed by atoms with van der Waals surface area (Å²) in [7, 11) is 0. The fraction of sp³-hybridized carbons (Fsp3) is 0.111. The molecule has 0 saturated carbocycles. The van der Waals surface area contributed by atoms with Gasteiger partial charge in [0, 0.05) is 6.92 Å². The second kappa shape index (κ2) is 6.53. The third-order valence-electron chi connectivity index (χ3n) is 3.23. The van der Waals surface area contributed by atoms with Gasteiger partial charge in [-0.3, -0.25) is 4.79 Å². The Labute approximate surface area is 124 Å². The lowest BCUT2D eigenvalue weighted by atomic mass is 9.98. The molecule has 0 atom stereocenters. The van der Waals surface area contributed by atoms with E-state index in [2.05, 4.69) is 6.58 Å². The zero-order chi connectivity index (χ0) is 15.2. The molecule has 3 nitrogen and oxygen atoms in total. The molecule has 2 aromatic carbocycles. The van der Waals surface area contributed by atoms with E-state index in [9.17, 15) is 4.79 Å². The highest BCUT2D eigenvalue weighted by molar-refractivity contribution is 5.95. The van der Waals surface area contributed by atoms with Crippen LogP contribution in [-0.4, -0.2) is 5.91 Å². The Morgan fingerprint density at radius 2 is 1.76 bits per heavy atom. The lowest BCUT2D eigenvalue weighted by molar-refractivity contribution is -0.115. The molecule has 0 unspecified atom stereocenters. The first-order chi connectivity index (χ1) is 10.1. The maximum absolute atomic E-state index is 11.6. The Hall–Kier alpha value is -2.86. The molecule has 1 amide bonds. The third kappa shape index (κ3) is 3.37. The minimum atomic E-state index is -0.296. The molecule has 0 aromatic heterocycles. The lowest BCUT2D eigenvalue weighted by Crippen LogP contribution is -2.23. The highest BCUT2D eigenvalue weighted by Gasteiger charge is 2.15. The molecule has 0 fully saturated rings. The molecular formula is C18H16N2O. The van der Waals surface area contributed by atoms with E-state index in [0.29, 0.717) is 12.1 Å². The van der Waals surface area contributed by atoms with Crippen LogP contribution in [0.5, 0.6) is 0 Å². The Morgan fingerprint density at radius 3 is 2.38 bits per heavy atom. The van der Waals surface area contributed by atoms with E-state index in [1.165, 1.54) is 6.92 Å². The molecule has 0 heterocycles. The summed E-state index contributed by atoms with van der Waals surface area (Å²) in [6.07, 6.45) is 2.51. The summed E-state index contributed by atoms with van der Waals surface area (Å²) in [5.74, 6) is -0.296. The SMILES string of the molecule is C=C(Cc1ccccc1N(C#N)C(C)=O)c1ccccc1. The molecule has 0 spiro atoms. The molecule has 0 aliphatic rings. The van der Waals surface area contributed by atoms with Gasteiger partial charge in [-0.25, -0.2) is 4.90 Å². The normalized spacial score (nSPS) is 9.71. The topological polar surface area (TPSA) is 44.1 Å². The van der Waals surface area contributed by atoms with Gasteiger partial charge in [0.15, 0.2) is 6.19 Å². The number of rotatable bonds is 4. The van der Waals surface area contributed by atoms with Crippen LogP contribution in [0.15, 0.2) is 61.2 Å². The maximum atomic E-state index is 11.6. The standard InChI is InChI=1S/C18H16N2O/c1-14(16-8-4-3-5-9-16)12-17-10-6-7-11-18(17)20(13-19)15(2)21/h3-11H,1,12H2,2H3. The first-order valence-electron chi connectivity index (χ1n) is 6.65. The van der Waals surface area contributed by atoms with E-state index in [4.69, 9.17) is 5.26 Å². The highest BCUT2D eigenvalue weighted by Crippen LogP contribution is 2.25. The van der Waals surface area contributed by atoms with Gasteiger partial charge in [0.05, 0.1) is 5.69 Å². The smallest absolute Gasteiger partial charge is 0.237 e. The third-order valence-corrected chi connectivity index (χ3v) is 3.23. The maximum Gasteiger partial charge on any atom is 0.237 e. The van der Waals surface area contributed by atoms with Crippen LogP contribution in [-0.2, 0) is 11.2 Å². The van der Waals surface area contributed by atoms with Crippen molar-refractivity contribution >= 4 is 17.2 Å². The van der Waals surface area contributed by atoms with Crippen LogP contribution in [0.1, 0.15) is 18.1 Å². The summed E-state index contributed by atoms with van der Waals surface area (Å²) in [6.45, 7) is 5.49. The van der Waals surface area contributed by atoms with Gasteiger partial charge in [0.1, 0.15) is 0 Å². The summed E-state index contributed by atoms with van der Waals surface area (Å²) in [4.78, 5) is 12.7. The number of nitriles is 1. The van der Waals surface area contributed by atoms with Crippen molar-refractivity contribution < 1.29 is 4.79 Å². The zero-order valence-corrected chi connectivity index (χ0v) is 11.9. The predicted octanol–water partition coefficient (Wildman–Crippen LogP) is 3.78. The van der Waals surface area contributed by atoms with Gasteiger partial charge in [-0.2, -0.15) is 5.26 Å². The van der Waals surface area contributed by atoms with E-state index in [-0.39, 0.29) is 5.91 Å². The second-order valence-electron chi connectivity index (χ2n) is 4.73. The van der Waals surface area contributed by atoms with Gasteiger partial charge in [-0.1, -0.05) is 55.1 Å². The van der Waals surface area contributed by atoms with Crippen molar-refractivity contribution in [3.63, 3.8) is 0 Å². The summed E-state index contributed by atoms with van der Waals surface area (Å²) < 4.78 is 0. The van der Waals surface area contributed by atoms with Crippen molar-refractivity contribution in [3.05, 3.63) is 72.3 Å². The molecule has 0 radical (unpaired) electrons. The molecule has 0 saturated heterocycles. The molecule has 2 rings (SSSR count). The van der Waals surface area contributed by atoms with Crippen molar-refractivity contribution in [3.8, 4) is 6.19 Å². The van der Waals surface area contributed by atoms with Crippen LogP contribution in [0.4, 0.5) is 5.69 Å². The average Bonchev–Trinajstić information content (AvgIpc) is 2.50. The van der Waals surface area contributed by atoms with E-state index in [1.54, 1.807) is 6.07 Å². The number of para-hydroxylation sites is 1. The Kier molecular flexibility index (Phi) is 4.53. The second-order valence-corrected chi connectivity index (χ2v) is 4.73. The van der Waals surface area contributed by atoms with Crippen LogP contribution in [0, 0.1) is 11.5 Å². The number of hydrogen-bond acceptors (Lipinski definition) is 2. The van der Waals surface area contributed by atoms with Crippen LogP contribution < -0.4 is 4.90 Å². The van der Waals surface area contributed by atoms with Crippen molar-refractivity contribution in [2.75, 3.05) is 4.90 Å². The van der Waals surface area contributed by atoms with Gasteiger partial charge in [-0.15, -0.1) is 0 Å². The largest absolute Gasteiger partial charge is 0.274 e. The molecule has 2 aromatic rings. The first kappa shape index (κ1) is 14.5. The highest BCUT2D eigenvalue weighted by atomic mass is 16.2. The monoisotopic (exact) mass is 276 g/mol. The summed E-state index contributed by atoms with van der Waals surface area (Å²) in [5.41, 5.74) is 3.52. The summed E-state index contributed by atoms with van der Waals surface area (Å²) in [5, 5.41) is 9.16. The molecular weight excluding hydrogens is 260 g/mol. The van der Waals surface area contributed by atoms with Crippen molar-refractivity contribution in [1.82, 2.24) is 0 Å².